The van der Waals surface area contributed by atoms with E-state index in [1.54, 1.807) is 30.3 Å². The van der Waals surface area contributed by atoms with Gasteiger partial charge in [0.2, 0.25) is 5.95 Å². The van der Waals surface area contributed by atoms with E-state index >= 15 is 0 Å². The molecule has 114 valence electrons. The van der Waals surface area contributed by atoms with E-state index in [9.17, 15) is 4.39 Å². The molecule has 2 N–H and O–H groups in total. The van der Waals surface area contributed by atoms with Crippen LogP contribution >= 0.6 is 0 Å². The highest BCUT2D eigenvalue weighted by molar-refractivity contribution is 5.58. The molecule has 7 nitrogen and oxygen atoms in total. The van der Waals surface area contributed by atoms with E-state index in [0.717, 1.165) is 0 Å². The number of hydrogen-bond donors (Lipinski definition) is 2. The predicted octanol–water partition coefficient (Wildman–Crippen LogP) is 1.68. The molecule has 0 saturated carbocycles. The molecule has 1 aromatic carbocycles. The van der Waals surface area contributed by atoms with Gasteiger partial charge in [-0.15, -0.1) is 0 Å². The fraction of sp³-hybridized carbons (Fsp3) is 0.214. The Morgan fingerprint density at radius 3 is 2.91 bits per heavy atom. The average molecular weight is 303 g/mol. The predicted molar refractivity (Wildman–Crippen MR) is 76.3 cm³/mol. The van der Waals surface area contributed by atoms with Gasteiger partial charge in [-0.2, -0.15) is 0 Å². The Balaban J connectivity index is 1.70. The largest absolute Gasteiger partial charge is 0.459 e. The first-order chi connectivity index (χ1) is 10.8. The summed E-state index contributed by atoms with van der Waals surface area (Å²) in [7, 11) is 0. The number of rotatable bonds is 6. The Bertz CT molecular complexity index is 755. The van der Waals surface area contributed by atoms with Crippen molar-refractivity contribution in [3.8, 4) is 11.3 Å². The number of hydrogen-bond acceptors (Lipinski definition) is 6. The Labute approximate surface area is 125 Å². The van der Waals surface area contributed by atoms with Gasteiger partial charge in [0, 0.05) is 0 Å². The van der Waals surface area contributed by atoms with E-state index in [1.165, 1.54) is 10.7 Å². The van der Waals surface area contributed by atoms with Gasteiger partial charge in [-0.25, -0.2) is 9.07 Å². The Kier molecular flexibility index (Phi) is 4.10. The number of nitrogens with one attached hydrogen (secondary N) is 1. The summed E-state index contributed by atoms with van der Waals surface area (Å²) < 4.78 is 20.8. The lowest BCUT2D eigenvalue weighted by Gasteiger charge is -2.04. The van der Waals surface area contributed by atoms with Crippen molar-refractivity contribution in [2.45, 2.75) is 13.1 Å². The summed E-state index contributed by atoms with van der Waals surface area (Å²) in [5, 5.41) is 23.0. The second kappa shape index (κ2) is 6.35. The van der Waals surface area contributed by atoms with E-state index < -0.39 is 0 Å². The summed E-state index contributed by atoms with van der Waals surface area (Å²) >= 11 is 0. The lowest BCUT2D eigenvalue weighted by Crippen LogP contribution is -2.10. The summed E-state index contributed by atoms with van der Waals surface area (Å²) in [6, 6.07) is 9.90. The molecule has 0 amide bonds. The molecule has 0 aliphatic heterocycles. The number of anilines is 1. The molecular formula is C14H14FN5O2. The molecule has 0 aliphatic carbocycles. The first-order valence-corrected chi connectivity index (χ1v) is 6.72. The molecule has 22 heavy (non-hydrogen) atoms. The topological polar surface area (TPSA) is 89.0 Å². The van der Waals surface area contributed by atoms with Crippen LogP contribution in [0.5, 0.6) is 0 Å². The number of furan rings is 1. The van der Waals surface area contributed by atoms with Crippen LogP contribution in [0.4, 0.5) is 10.3 Å². The molecule has 3 rings (SSSR count). The molecule has 3 aromatic rings. The molecular weight excluding hydrogens is 289 g/mol. The van der Waals surface area contributed by atoms with E-state index in [1.807, 2.05) is 0 Å². The molecule has 0 atom stereocenters. The number of halogens is 1. The minimum Gasteiger partial charge on any atom is -0.459 e. The number of tetrazole rings is 1. The third-order valence-electron chi connectivity index (χ3n) is 3.07. The number of aliphatic hydroxyl groups is 1. The van der Waals surface area contributed by atoms with Gasteiger partial charge in [0.15, 0.2) is 0 Å². The second-order valence-corrected chi connectivity index (χ2v) is 4.55. The van der Waals surface area contributed by atoms with Crippen LogP contribution in [0, 0.1) is 5.82 Å². The quantitative estimate of drug-likeness (QED) is 0.720. The summed E-state index contributed by atoms with van der Waals surface area (Å²) in [6.07, 6.45) is 0. The van der Waals surface area contributed by atoms with Gasteiger partial charge in [-0.05, 0) is 34.7 Å². The van der Waals surface area contributed by atoms with Crippen LogP contribution in [-0.4, -0.2) is 31.9 Å². The maximum atomic E-state index is 13.7. The minimum atomic E-state index is -0.330. The molecule has 0 saturated heterocycles. The van der Waals surface area contributed by atoms with Crippen LogP contribution < -0.4 is 5.32 Å². The number of aromatic nitrogens is 4. The van der Waals surface area contributed by atoms with Gasteiger partial charge < -0.3 is 14.8 Å². The van der Waals surface area contributed by atoms with Crippen molar-refractivity contribution in [2.24, 2.45) is 0 Å². The van der Waals surface area contributed by atoms with Crippen molar-refractivity contribution in [1.82, 2.24) is 20.2 Å². The summed E-state index contributed by atoms with van der Waals surface area (Å²) in [4.78, 5) is 0. The van der Waals surface area contributed by atoms with Gasteiger partial charge >= 0.3 is 0 Å². The molecule has 2 heterocycles. The minimum absolute atomic E-state index is 0.0576. The fourth-order valence-corrected chi connectivity index (χ4v) is 2.02. The maximum absolute atomic E-state index is 13.7. The summed E-state index contributed by atoms with van der Waals surface area (Å²) in [6.45, 7) is 0.589. The van der Waals surface area contributed by atoms with E-state index in [4.69, 9.17) is 9.52 Å². The Morgan fingerprint density at radius 1 is 1.23 bits per heavy atom. The molecule has 0 fully saturated rings. The van der Waals surface area contributed by atoms with Gasteiger partial charge in [-0.1, -0.05) is 17.2 Å². The van der Waals surface area contributed by atoms with Crippen molar-refractivity contribution < 1.29 is 13.9 Å². The van der Waals surface area contributed by atoms with E-state index in [2.05, 4.69) is 20.8 Å². The van der Waals surface area contributed by atoms with Crippen molar-refractivity contribution >= 4 is 5.95 Å². The molecule has 0 unspecified atom stereocenters. The zero-order valence-corrected chi connectivity index (χ0v) is 11.6. The number of nitrogens with zero attached hydrogens (tertiary/aromatic N) is 4. The zero-order chi connectivity index (χ0) is 15.4. The summed E-state index contributed by atoms with van der Waals surface area (Å²) in [5.41, 5.74) is 0.416. The van der Waals surface area contributed by atoms with Crippen molar-refractivity contribution in [1.29, 1.82) is 0 Å². The zero-order valence-electron chi connectivity index (χ0n) is 11.6. The smallest absolute Gasteiger partial charge is 0.243 e. The highest BCUT2D eigenvalue weighted by Gasteiger charge is 2.10. The fourth-order valence-electron chi connectivity index (χ4n) is 2.02. The van der Waals surface area contributed by atoms with Crippen LogP contribution in [0.15, 0.2) is 40.8 Å². The van der Waals surface area contributed by atoms with E-state index in [0.29, 0.717) is 36.1 Å². The van der Waals surface area contributed by atoms with Gasteiger partial charge in [0.05, 0.1) is 25.3 Å². The third kappa shape index (κ3) is 2.96. The maximum Gasteiger partial charge on any atom is 0.243 e. The van der Waals surface area contributed by atoms with Crippen molar-refractivity contribution in [2.75, 3.05) is 11.9 Å². The number of benzene rings is 1. The monoisotopic (exact) mass is 303 g/mol. The standard InChI is InChI=1S/C14H14FN5O2/c15-12-4-2-1-3-11(12)13-6-5-10(22-13)9-16-14-17-18-19-20(14)7-8-21/h1-6,21H,7-9H2,(H,16,17,19). The Morgan fingerprint density at radius 2 is 2.09 bits per heavy atom. The molecule has 0 bridgehead atoms. The van der Waals surface area contributed by atoms with Gasteiger partial charge in [-0.3, -0.25) is 0 Å². The SMILES string of the molecule is OCCn1nnnc1NCc1ccc(-c2ccccc2F)o1. The normalized spacial score (nSPS) is 10.8. The first kappa shape index (κ1) is 14.2. The lowest BCUT2D eigenvalue weighted by atomic mass is 10.1. The van der Waals surface area contributed by atoms with Gasteiger partial charge in [0.1, 0.15) is 17.3 Å². The van der Waals surface area contributed by atoms with Crippen LogP contribution in [0.3, 0.4) is 0 Å². The van der Waals surface area contributed by atoms with Crippen molar-refractivity contribution in [3.05, 3.63) is 48.0 Å². The third-order valence-corrected chi connectivity index (χ3v) is 3.07. The van der Waals surface area contributed by atoms with E-state index in [-0.39, 0.29) is 12.4 Å². The van der Waals surface area contributed by atoms with Crippen LogP contribution in [0.25, 0.3) is 11.3 Å². The highest BCUT2D eigenvalue weighted by atomic mass is 19.1. The second-order valence-electron chi connectivity index (χ2n) is 4.55. The average Bonchev–Trinajstić information content (AvgIpc) is 3.15. The molecule has 8 heteroatoms. The van der Waals surface area contributed by atoms with Crippen LogP contribution in [-0.2, 0) is 13.1 Å². The first-order valence-electron chi connectivity index (χ1n) is 6.72. The van der Waals surface area contributed by atoms with Crippen LogP contribution in [0.2, 0.25) is 0 Å². The Hall–Kier alpha value is -2.74. The molecule has 0 aliphatic rings. The molecule has 2 aromatic heterocycles. The summed E-state index contributed by atoms with van der Waals surface area (Å²) in [5.74, 6) is 1.18. The molecule has 0 spiro atoms. The van der Waals surface area contributed by atoms with Crippen molar-refractivity contribution in [3.63, 3.8) is 0 Å². The highest BCUT2D eigenvalue weighted by Crippen LogP contribution is 2.24. The molecule has 0 radical (unpaired) electrons. The lowest BCUT2D eigenvalue weighted by molar-refractivity contribution is 0.269. The number of aliphatic hydroxyl groups excluding tert-OH is 1. The van der Waals surface area contributed by atoms with Crippen LogP contribution in [0.1, 0.15) is 5.76 Å². The van der Waals surface area contributed by atoms with Gasteiger partial charge in [0.25, 0.3) is 0 Å².